The number of benzene rings is 2. The molecule has 2 aromatic rings. The second-order valence-electron chi connectivity index (χ2n) is 8.74. The van der Waals surface area contributed by atoms with Gasteiger partial charge in [-0.15, -0.1) is 0 Å². The van der Waals surface area contributed by atoms with Crippen LogP contribution < -0.4 is 9.64 Å². The molecule has 0 saturated heterocycles. The van der Waals surface area contributed by atoms with Gasteiger partial charge in [0.15, 0.2) is 0 Å². The van der Waals surface area contributed by atoms with Crippen LogP contribution in [0.4, 0.5) is 10.5 Å². The Labute approximate surface area is 193 Å². The lowest BCUT2D eigenvalue weighted by Crippen LogP contribution is -2.36. The van der Waals surface area contributed by atoms with Gasteiger partial charge in [0, 0.05) is 31.0 Å². The molecule has 176 valence electrons. The summed E-state index contributed by atoms with van der Waals surface area (Å²) in [5.74, 6) is -0.951. The zero-order valence-corrected chi connectivity index (χ0v) is 19.5. The van der Waals surface area contributed by atoms with E-state index in [0.717, 1.165) is 5.56 Å². The largest absolute Gasteiger partial charge is 0.497 e. The van der Waals surface area contributed by atoms with E-state index in [9.17, 15) is 14.4 Å². The van der Waals surface area contributed by atoms with Crippen LogP contribution in [0.15, 0.2) is 48.5 Å². The van der Waals surface area contributed by atoms with Gasteiger partial charge < -0.3 is 18.9 Å². The summed E-state index contributed by atoms with van der Waals surface area (Å²) in [5.41, 5.74) is 1.33. The quantitative estimate of drug-likeness (QED) is 0.471. The first kappa shape index (κ1) is 24.1. The number of fused-ring (bicyclic) bond motifs is 1. The van der Waals surface area contributed by atoms with Gasteiger partial charge >= 0.3 is 18.0 Å². The third-order valence-electron chi connectivity index (χ3n) is 5.01. The highest BCUT2D eigenvalue weighted by Gasteiger charge is 2.36. The van der Waals surface area contributed by atoms with Crippen molar-refractivity contribution in [1.82, 2.24) is 0 Å². The molecule has 0 bridgehead atoms. The van der Waals surface area contributed by atoms with Crippen molar-refractivity contribution in [3.63, 3.8) is 0 Å². The third kappa shape index (κ3) is 6.03. The zero-order valence-electron chi connectivity index (χ0n) is 19.5. The number of rotatable bonds is 6. The van der Waals surface area contributed by atoms with Crippen LogP contribution in [-0.4, -0.2) is 43.9 Å². The molecule has 1 amide bonds. The molecule has 3 rings (SSSR count). The van der Waals surface area contributed by atoms with Gasteiger partial charge in [-0.2, -0.15) is 0 Å². The summed E-state index contributed by atoms with van der Waals surface area (Å²) in [7, 11) is 1.55. The van der Waals surface area contributed by atoms with Crippen LogP contribution in [0.5, 0.6) is 5.75 Å². The molecule has 1 aliphatic rings. The molecule has 1 aliphatic heterocycles. The van der Waals surface area contributed by atoms with Gasteiger partial charge in [0.25, 0.3) is 0 Å². The number of esters is 2. The normalized spacial score (nSPS) is 15.9. The Morgan fingerprint density at radius 1 is 1.09 bits per heavy atom. The van der Waals surface area contributed by atoms with Crippen LogP contribution in [0.1, 0.15) is 50.8 Å². The van der Waals surface area contributed by atoms with Gasteiger partial charge in [0.2, 0.25) is 6.10 Å². The Bertz CT molecular complexity index is 1010. The van der Waals surface area contributed by atoms with Gasteiger partial charge in [-0.05, 0) is 32.4 Å². The molecule has 0 N–H and O–H groups in total. The van der Waals surface area contributed by atoms with E-state index in [-0.39, 0.29) is 19.1 Å². The minimum absolute atomic E-state index is 0.00204. The van der Waals surface area contributed by atoms with Gasteiger partial charge in [0.05, 0.1) is 12.8 Å². The number of hydrogen-bond acceptors (Lipinski definition) is 7. The molecule has 33 heavy (non-hydrogen) atoms. The summed E-state index contributed by atoms with van der Waals surface area (Å²) in [6.07, 6.45) is -1.66. The number of methoxy groups -OCH3 is 1. The summed E-state index contributed by atoms with van der Waals surface area (Å²) >= 11 is 0. The second kappa shape index (κ2) is 9.94. The third-order valence-corrected chi connectivity index (χ3v) is 5.01. The Morgan fingerprint density at radius 2 is 1.79 bits per heavy atom. The standard InChI is InChI=1S/C25H29NO7/c1-16(27)32-22(17-9-7-6-8-10-17)23(28)31-15-18-14-26(24(29)33-25(2,3)4)21-13-19(30-5)11-12-20(18)21/h6-13,18,22H,14-15H2,1-5H3/t18-,22-/m1/s1. The van der Waals surface area contributed by atoms with Crippen molar-refractivity contribution in [3.05, 3.63) is 59.7 Å². The fourth-order valence-electron chi connectivity index (χ4n) is 3.58. The topological polar surface area (TPSA) is 91.4 Å². The molecule has 0 spiro atoms. The highest BCUT2D eigenvalue weighted by Crippen LogP contribution is 2.40. The van der Waals surface area contributed by atoms with Gasteiger partial charge in [-0.3, -0.25) is 9.69 Å². The van der Waals surface area contributed by atoms with E-state index in [1.54, 1.807) is 70.3 Å². The predicted octanol–water partition coefficient (Wildman–Crippen LogP) is 4.38. The first-order valence-corrected chi connectivity index (χ1v) is 10.7. The van der Waals surface area contributed by atoms with E-state index in [1.807, 2.05) is 6.07 Å². The van der Waals surface area contributed by atoms with E-state index in [1.165, 1.54) is 11.8 Å². The first-order chi connectivity index (χ1) is 15.6. The van der Waals surface area contributed by atoms with Gasteiger partial charge in [0.1, 0.15) is 18.0 Å². The lowest BCUT2D eigenvalue weighted by Gasteiger charge is -2.25. The summed E-state index contributed by atoms with van der Waals surface area (Å²) < 4.78 is 21.6. The van der Waals surface area contributed by atoms with Crippen molar-refractivity contribution in [1.29, 1.82) is 0 Å². The monoisotopic (exact) mass is 455 g/mol. The molecule has 0 unspecified atom stereocenters. The fourth-order valence-corrected chi connectivity index (χ4v) is 3.58. The summed E-state index contributed by atoms with van der Waals surface area (Å²) in [5, 5.41) is 0. The van der Waals surface area contributed by atoms with Crippen molar-refractivity contribution in [3.8, 4) is 5.75 Å². The summed E-state index contributed by atoms with van der Waals surface area (Å²) in [6.45, 7) is 6.90. The van der Waals surface area contributed by atoms with Crippen molar-refractivity contribution in [2.24, 2.45) is 0 Å². The molecule has 1 heterocycles. The van der Waals surface area contributed by atoms with Crippen LogP contribution in [0.25, 0.3) is 0 Å². The van der Waals surface area contributed by atoms with Crippen LogP contribution >= 0.6 is 0 Å². The number of ether oxygens (including phenoxy) is 4. The number of amides is 1. The smallest absolute Gasteiger partial charge is 0.414 e. The van der Waals surface area contributed by atoms with Crippen LogP contribution in [0.2, 0.25) is 0 Å². The number of carbonyl (C=O) groups excluding carboxylic acids is 3. The van der Waals surface area contributed by atoms with Crippen LogP contribution in [0, 0.1) is 0 Å². The fraction of sp³-hybridized carbons (Fsp3) is 0.400. The molecule has 2 atom stereocenters. The maximum atomic E-state index is 12.8. The van der Waals surface area contributed by atoms with Crippen LogP contribution in [-0.2, 0) is 23.8 Å². The predicted molar refractivity (Wildman–Crippen MR) is 121 cm³/mol. The summed E-state index contributed by atoms with van der Waals surface area (Å²) in [6, 6.07) is 14.1. The molecule has 0 radical (unpaired) electrons. The average molecular weight is 456 g/mol. The minimum atomic E-state index is -1.16. The number of hydrogen-bond donors (Lipinski definition) is 0. The molecule has 0 saturated carbocycles. The van der Waals surface area contributed by atoms with Crippen molar-refractivity contribution in [2.75, 3.05) is 25.2 Å². The molecular formula is C25H29NO7. The van der Waals surface area contributed by atoms with Crippen molar-refractivity contribution < 1.29 is 33.3 Å². The van der Waals surface area contributed by atoms with E-state index in [0.29, 0.717) is 17.0 Å². The van der Waals surface area contributed by atoms with Crippen LogP contribution in [0.3, 0.4) is 0 Å². The molecule has 8 nitrogen and oxygen atoms in total. The number of nitrogens with zero attached hydrogens (tertiary/aromatic N) is 1. The second-order valence-corrected chi connectivity index (χ2v) is 8.74. The number of anilines is 1. The van der Waals surface area contributed by atoms with Crippen molar-refractivity contribution in [2.45, 2.75) is 45.3 Å². The highest BCUT2D eigenvalue weighted by atomic mass is 16.6. The molecule has 8 heteroatoms. The van der Waals surface area contributed by atoms with Gasteiger partial charge in [-0.25, -0.2) is 9.59 Å². The molecule has 0 fully saturated rings. The molecule has 2 aromatic carbocycles. The molecule has 0 aliphatic carbocycles. The Hall–Kier alpha value is -3.55. The number of carbonyl (C=O) groups is 3. The Balaban J connectivity index is 1.78. The van der Waals surface area contributed by atoms with E-state index in [4.69, 9.17) is 18.9 Å². The molecule has 0 aromatic heterocycles. The minimum Gasteiger partial charge on any atom is -0.497 e. The van der Waals surface area contributed by atoms with E-state index < -0.39 is 29.7 Å². The lowest BCUT2D eigenvalue weighted by atomic mass is 10.0. The van der Waals surface area contributed by atoms with Crippen molar-refractivity contribution >= 4 is 23.7 Å². The maximum Gasteiger partial charge on any atom is 0.414 e. The van der Waals surface area contributed by atoms with Gasteiger partial charge in [-0.1, -0.05) is 36.4 Å². The van der Waals surface area contributed by atoms with E-state index >= 15 is 0 Å². The highest BCUT2D eigenvalue weighted by molar-refractivity contribution is 5.91. The Kier molecular flexibility index (Phi) is 7.26. The Morgan fingerprint density at radius 3 is 2.39 bits per heavy atom. The summed E-state index contributed by atoms with van der Waals surface area (Å²) in [4.78, 5) is 38.7. The lowest BCUT2D eigenvalue weighted by molar-refractivity contribution is -0.167. The van der Waals surface area contributed by atoms with E-state index in [2.05, 4.69) is 0 Å². The molecular weight excluding hydrogens is 426 g/mol. The average Bonchev–Trinajstić information content (AvgIpc) is 3.13. The zero-order chi connectivity index (χ0) is 24.2. The maximum absolute atomic E-state index is 12.8. The first-order valence-electron chi connectivity index (χ1n) is 10.7. The SMILES string of the molecule is COc1ccc2c(c1)N(C(=O)OC(C)(C)C)C[C@@H]2COC(=O)[C@H](OC(C)=O)c1ccccc1.